The van der Waals surface area contributed by atoms with Crippen LogP contribution in [0.1, 0.15) is 52.1 Å². The van der Waals surface area contributed by atoms with E-state index in [-0.39, 0.29) is 6.04 Å². The van der Waals surface area contributed by atoms with Crippen LogP contribution >= 0.6 is 0 Å². The minimum absolute atomic E-state index is 0.0306. The van der Waals surface area contributed by atoms with Crippen LogP contribution in [-0.2, 0) is 0 Å². The third-order valence-electron chi connectivity index (χ3n) is 4.07. The molecule has 1 aromatic rings. The summed E-state index contributed by atoms with van der Waals surface area (Å²) in [7, 11) is 1.71. The molecule has 3 nitrogen and oxygen atoms in total. The van der Waals surface area contributed by atoms with Crippen LogP contribution in [0.3, 0.4) is 0 Å². The molecule has 0 aliphatic heterocycles. The largest absolute Gasteiger partial charge is 0.496 e. The smallest absolute Gasteiger partial charge is 0.125 e. The number of hydrogen-bond acceptors (Lipinski definition) is 3. The Kier molecular flexibility index (Phi) is 6.86. The number of hydrogen-bond donors (Lipinski definition) is 1. The van der Waals surface area contributed by atoms with Crippen LogP contribution < -0.4 is 15.4 Å². The van der Waals surface area contributed by atoms with E-state index in [4.69, 9.17) is 10.5 Å². The Morgan fingerprint density at radius 1 is 1.20 bits per heavy atom. The van der Waals surface area contributed by atoms with Gasteiger partial charge in [0.05, 0.1) is 7.11 Å². The molecule has 20 heavy (non-hydrogen) atoms. The SMILES string of the molecule is CCC(CC)CN(CC)c1cccc(OC)c1C(C)N. The van der Waals surface area contributed by atoms with Crippen molar-refractivity contribution in [1.29, 1.82) is 0 Å². The average molecular weight is 278 g/mol. The highest BCUT2D eigenvalue weighted by Crippen LogP contribution is 2.34. The van der Waals surface area contributed by atoms with Gasteiger partial charge >= 0.3 is 0 Å². The predicted octanol–water partition coefficient (Wildman–Crippen LogP) is 3.98. The van der Waals surface area contributed by atoms with Gasteiger partial charge in [-0.05, 0) is 31.9 Å². The van der Waals surface area contributed by atoms with E-state index in [9.17, 15) is 0 Å². The van der Waals surface area contributed by atoms with Gasteiger partial charge in [-0.15, -0.1) is 0 Å². The van der Waals surface area contributed by atoms with Gasteiger partial charge in [-0.3, -0.25) is 0 Å². The van der Waals surface area contributed by atoms with Gasteiger partial charge in [-0.1, -0.05) is 32.8 Å². The van der Waals surface area contributed by atoms with E-state index in [0.29, 0.717) is 0 Å². The quantitative estimate of drug-likeness (QED) is 0.781. The Hall–Kier alpha value is -1.22. The molecule has 0 aromatic heterocycles. The van der Waals surface area contributed by atoms with E-state index in [2.05, 4.69) is 37.8 Å². The fourth-order valence-corrected chi connectivity index (χ4v) is 2.70. The predicted molar refractivity (Wildman–Crippen MR) is 87.6 cm³/mol. The zero-order valence-corrected chi connectivity index (χ0v) is 13.6. The van der Waals surface area contributed by atoms with E-state index >= 15 is 0 Å². The first-order valence-corrected chi connectivity index (χ1v) is 7.76. The lowest BCUT2D eigenvalue weighted by atomic mass is 10.00. The lowest BCUT2D eigenvalue weighted by molar-refractivity contribution is 0.406. The number of nitrogens with two attached hydrogens (primary N) is 1. The molecule has 2 N–H and O–H groups in total. The molecule has 1 unspecified atom stereocenters. The van der Waals surface area contributed by atoms with Gasteiger partial charge in [0.15, 0.2) is 0 Å². The minimum atomic E-state index is -0.0306. The maximum absolute atomic E-state index is 6.17. The standard InChI is InChI=1S/C17H30N2O/c1-6-14(7-2)12-19(8-3)15-10-9-11-16(20-5)17(15)13(4)18/h9-11,13-14H,6-8,12,18H2,1-5H3. The molecule has 1 rings (SSSR count). The summed E-state index contributed by atoms with van der Waals surface area (Å²) in [6.07, 6.45) is 2.43. The van der Waals surface area contributed by atoms with Gasteiger partial charge in [0, 0.05) is 30.4 Å². The molecule has 0 radical (unpaired) electrons. The van der Waals surface area contributed by atoms with Crippen molar-refractivity contribution < 1.29 is 4.74 Å². The highest BCUT2D eigenvalue weighted by Gasteiger charge is 2.18. The summed E-state index contributed by atoms with van der Waals surface area (Å²) in [5.74, 6) is 1.61. The summed E-state index contributed by atoms with van der Waals surface area (Å²) in [6, 6.07) is 6.17. The number of ether oxygens (including phenoxy) is 1. The minimum Gasteiger partial charge on any atom is -0.496 e. The van der Waals surface area contributed by atoms with Gasteiger partial charge < -0.3 is 15.4 Å². The molecule has 0 fully saturated rings. The second-order valence-corrected chi connectivity index (χ2v) is 5.40. The van der Waals surface area contributed by atoms with Crippen molar-refractivity contribution in [2.75, 3.05) is 25.1 Å². The zero-order chi connectivity index (χ0) is 15.1. The van der Waals surface area contributed by atoms with E-state index in [0.717, 1.165) is 30.3 Å². The van der Waals surface area contributed by atoms with E-state index < -0.39 is 0 Å². The second-order valence-electron chi connectivity index (χ2n) is 5.40. The van der Waals surface area contributed by atoms with Crippen LogP contribution in [0, 0.1) is 5.92 Å². The van der Waals surface area contributed by atoms with Gasteiger partial charge in [0.1, 0.15) is 5.75 Å². The van der Waals surface area contributed by atoms with Crippen LogP contribution in [-0.4, -0.2) is 20.2 Å². The van der Waals surface area contributed by atoms with Crippen LogP contribution in [0.4, 0.5) is 5.69 Å². The van der Waals surface area contributed by atoms with Crippen LogP contribution in [0.5, 0.6) is 5.75 Å². The summed E-state index contributed by atoms with van der Waals surface area (Å²) in [4.78, 5) is 2.43. The van der Waals surface area contributed by atoms with Crippen molar-refractivity contribution in [2.45, 2.75) is 46.6 Å². The molecule has 0 spiro atoms. The summed E-state index contributed by atoms with van der Waals surface area (Å²) in [5, 5.41) is 0. The zero-order valence-electron chi connectivity index (χ0n) is 13.6. The number of rotatable bonds is 8. The molecule has 0 bridgehead atoms. The highest BCUT2D eigenvalue weighted by molar-refractivity contribution is 5.60. The Labute approximate surface area is 124 Å². The molecule has 0 aliphatic rings. The van der Waals surface area contributed by atoms with Gasteiger partial charge in [0.2, 0.25) is 0 Å². The van der Waals surface area contributed by atoms with Crippen LogP contribution in [0.15, 0.2) is 18.2 Å². The van der Waals surface area contributed by atoms with Crippen molar-refractivity contribution in [1.82, 2.24) is 0 Å². The fourth-order valence-electron chi connectivity index (χ4n) is 2.70. The van der Waals surface area contributed by atoms with E-state index in [1.54, 1.807) is 7.11 Å². The lowest BCUT2D eigenvalue weighted by Crippen LogP contribution is -2.30. The number of benzene rings is 1. The Bertz CT molecular complexity index is 400. The molecule has 0 saturated carbocycles. The van der Waals surface area contributed by atoms with Crippen LogP contribution in [0.25, 0.3) is 0 Å². The molecule has 0 heterocycles. The van der Waals surface area contributed by atoms with Gasteiger partial charge in [0.25, 0.3) is 0 Å². The monoisotopic (exact) mass is 278 g/mol. The second kappa shape index (κ2) is 8.15. The maximum atomic E-state index is 6.17. The summed E-state index contributed by atoms with van der Waals surface area (Å²) in [5.41, 5.74) is 8.50. The van der Waals surface area contributed by atoms with Gasteiger partial charge in [-0.25, -0.2) is 0 Å². The van der Waals surface area contributed by atoms with Crippen LogP contribution in [0.2, 0.25) is 0 Å². The molecular formula is C17H30N2O. The fraction of sp³-hybridized carbons (Fsp3) is 0.647. The normalized spacial score (nSPS) is 12.6. The summed E-state index contributed by atoms with van der Waals surface area (Å²) >= 11 is 0. The first kappa shape index (κ1) is 16.8. The molecule has 3 heteroatoms. The lowest BCUT2D eigenvalue weighted by Gasteiger charge is -2.31. The topological polar surface area (TPSA) is 38.5 Å². The molecule has 0 saturated heterocycles. The molecule has 114 valence electrons. The molecule has 0 amide bonds. The Morgan fingerprint density at radius 2 is 1.85 bits per heavy atom. The van der Waals surface area contributed by atoms with Gasteiger partial charge in [-0.2, -0.15) is 0 Å². The Balaban J connectivity index is 3.14. The first-order chi connectivity index (χ1) is 9.58. The van der Waals surface area contributed by atoms with Crippen molar-refractivity contribution in [3.63, 3.8) is 0 Å². The van der Waals surface area contributed by atoms with Crippen molar-refractivity contribution in [3.8, 4) is 5.75 Å². The molecule has 1 atom stereocenters. The molecule has 1 aromatic carbocycles. The maximum Gasteiger partial charge on any atom is 0.125 e. The number of anilines is 1. The van der Waals surface area contributed by atoms with Crippen molar-refractivity contribution in [2.24, 2.45) is 11.7 Å². The third-order valence-corrected chi connectivity index (χ3v) is 4.07. The molecule has 0 aliphatic carbocycles. The summed E-state index contributed by atoms with van der Waals surface area (Å²) in [6.45, 7) is 10.8. The highest BCUT2D eigenvalue weighted by atomic mass is 16.5. The molecular weight excluding hydrogens is 248 g/mol. The summed E-state index contributed by atoms with van der Waals surface area (Å²) < 4.78 is 5.49. The van der Waals surface area contributed by atoms with Crippen molar-refractivity contribution >= 4 is 5.69 Å². The number of methoxy groups -OCH3 is 1. The van der Waals surface area contributed by atoms with E-state index in [1.807, 2.05) is 13.0 Å². The van der Waals surface area contributed by atoms with Crippen molar-refractivity contribution in [3.05, 3.63) is 23.8 Å². The first-order valence-electron chi connectivity index (χ1n) is 7.76. The third kappa shape index (κ3) is 3.89. The number of nitrogens with zero attached hydrogens (tertiary/aromatic N) is 1. The van der Waals surface area contributed by atoms with E-state index in [1.165, 1.54) is 18.5 Å². The average Bonchev–Trinajstić information content (AvgIpc) is 2.47. The Morgan fingerprint density at radius 3 is 2.30 bits per heavy atom.